The average Bonchev–Trinajstić information content (AvgIpc) is 2.48. The van der Waals surface area contributed by atoms with Crippen molar-refractivity contribution < 1.29 is 0 Å². The molecule has 0 aromatic carbocycles. The van der Waals surface area contributed by atoms with Crippen LogP contribution in [-0.2, 0) is 7.05 Å². The van der Waals surface area contributed by atoms with E-state index in [0.717, 1.165) is 9.97 Å². The molecule has 0 spiro atoms. The number of amidine groups is 1. The lowest BCUT2D eigenvalue weighted by Gasteiger charge is -1.99. The molecule has 15 heavy (non-hydrogen) atoms. The molecule has 5 heteroatoms. The van der Waals surface area contributed by atoms with E-state index in [1.807, 2.05) is 13.3 Å². The van der Waals surface area contributed by atoms with Crippen molar-refractivity contribution in [3.05, 3.63) is 15.9 Å². The Hall–Kier alpha value is -0.550. The number of aryl methyl sites for hydroxylation is 1. The molecule has 0 saturated carbocycles. The summed E-state index contributed by atoms with van der Waals surface area (Å²) < 4.78 is 2.08. The number of rotatable bonds is 1. The van der Waals surface area contributed by atoms with Gasteiger partial charge in [-0.1, -0.05) is 11.8 Å². The number of nitrogens with zero attached hydrogens (tertiary/aromatic N) is 3. The van der Waals surface area contributed by atoms with Crippen LogP contribution in [0.1, 0.15) is 19.5 Å². The Balaban J connectivity index is 3.10. The SMILES string of the molecule is CSC(=NC(C)C)N=c1scc(C)n1C. The molecule has 3 nitrogen and oxygen atoms in total. The van der Waals surface area contributed by atoms with Crippen molar-refractivity contribution in [3.8, 4) is 0 Å². The minimum Gasteiger partial charge on any atom is -0.324 e. The maximum absolute atomic E-state index is 4.53. The average molecular weight is 243 g/mol. The molecule has 0 amide bonds. The predicted octanol–water partition coefficient (Wildman–Crippen LogP) is 2.42. The van der Waals surface area contributed by atoms with E-state index in [4.69, 9.17) is 0 Å². The highest BCUT2D eigenvalue weighted by atomic mass is 32.2. The van der Waals surface area contributed by atoms with E-state index in [1.54, 1.807) is 23.1 Å². The highest BCUT2D eigenvalue weighted by molar-refractivity contribution is 8.13. The van der Waals surface area contributed by atoms with Gasteiger partial charge in [0.25, 0.3) is 0 Å². The van der Waals surface area contributed by atoms with Gasteiger partial charge in [-0.25, -0.2) is 0 Å². The molecular formula is C10H17N3S2. The molecule has 0 aliphatic heterocycles. The molecule has 0 aliphatic carbocycles. The van der Waals surface area contributed by atoms with Gasteiger partial charge in [0, 0.05) is 24.2 Å². The molecule has 0 saturated heterocycles. The van der Waals surface area contributed by atoms with Crippen LogP contribution in [0, 0.1) is 6.92 Å². The number of thiazole rings is 1. The van der Waals surface area contributed by atoms with Crippen LogP contribution in [0.4, 0.5) is 0 Å². The van der Waals surface area contributed by atoms with Crippen LogP contribution in [0.25, 0.3) is 0 Å². The summed E-state index contributed by atoms with van der Waals surface area (Å²) >= 11 is 3.24. The lowest BCUT2D eigenvalue weighted by Crippen LogP contribution is -2.13. The molecule has 0 aliphatic rings. The van der Waals surface area contributed by atoms with Crippen LogP contribution < -0.4 is 4.80 Å². The maximum Gasteiger partial charge on any atom is 0.191 e. The van der Waals surface area contributed by atoms with Gasteiger partial charge in [-0.2, -0.15) is 4.99 Å². The second kappa shape index (κ2) is 5.51. The summed E-state index contributed by atoms with van der Waals surface area (Å²) in [5.41, 5.74) is 1.23. The zero-order chi connectivity index (χ0) is 11.4. The Morgan fingerprint density at radius 3 is 2.60 bits per heavy atom. The van der Waals surface area contributed by atoms with E-state index < -0.39 is 0 Å². The Bertz CT molecular complexity index is 413. The maximum atomic E-state index is 4.53. The van der Waals surface area contributed by atoms with E-state index in [-0.39, 0.29) is 0 Å². The minimum absolute atomic E-state index is 0.294. The number of aliphatic imine (C=N–C) groups is 1. The fourth-order valence-electron chi connectivity index (χ4n) is 0.978. The lowest BCUT2D eigenvalue weighted by atomic mass is 10.4. The summed E-state index contributed by atoms with van der Waals surface area (Å²) in [5.74, 6) is 0. The van der Waals surface area contributed by atoms with Crippen molar-refractivity contribution in [2.45, 2.75) is 26.8 Å². The Morgan fingerprint density at radius 1 is 1.53 bits per heavy atom. The van der Waals surface area contributed by atoms with E-state index >= 15 is 0 Å². The fraction of sp³-hybridized carbons (Fsp3) is 0.600. The topological polar surface area (TPSA) is 29.6 Å². The number of aromatic nitrogens is 1. The van der Waals surface area contributed by atoms with E-state index in [0.29, 0.717) is 6.04 Å². The molecule has 0 N–H and O–H groups in total. The smallest absolute Gasteiger partial charge is 0.191 e. The standard InChI is InChI=1S/C10H17N3S2/c1-7(2)11-9(14-5)12-10-13(4)8(3)6-15-10/h6-7H,1-5H3. The normalized spacial score (nSPS) is 14.0. The quantitative estimate of drug-likeness (QED) is 0.550. The Labute approximate surface area is 99.0 Å². The second-order valence-electron chi connectivity index (χ2n) is 3.54. The first kappa shape index (κ1) is 12.5. The summed E-state index contributed by atoms with van der Waals surface area (Å²) in [6.07, 6.45) is 2.01. The number of hydrogen-bond acceptors (Lipinski definition) is 3. The highest BCUT2D eigenvalue weighted by Gasteiger charge is 1.99. The molecule has 0 unspecified atom stereocenters. The molecule has 0 atom stereocenters. The zero-order valence-electron chi connectivity index (χ0n) is 9.81. The van der Waals surface area contributed by atoms with Crippen LogP contribution in [-0.4, -0.2) is 22.0 Å². The molecule has 0 bridgehead atoms. The number of thioether (sulfide) groups is 1. The molecule has 1 aromatic rings. The molecular weight excluding hydrogens is 226 g/mol. The van der Waals surface area contributed by atoms with Crippen molar-refractivity contribution in [1.29, 1.82) is 0 Å². The first-order valence-corrected chi connectivity index (χ1v) is 6.92. The van der Waals surface area contributed by atoms with E-state index in [1.165, 1.54) is 5.69 Å². The predicted molar refractivity (Wildman–Crippen MR) is 69.7 cm³/mol. The molecule has 1 aromatic heterocycles. The second-order valence-corrected chi connectivity index (χ2v) is 5.15. The first-order valence-electron chi connectivity index (χ1n) is 4.82. The summed E-state index contributed by atoms with van der Waals surface area (Å²) in [6, 6.07) is 0.294. The molecule has 1 heterocycles. The third kappa shape index (κ3) is 3.50. The van der Waals surface area contributed by atoms with E-state index in [2.05, 4.69) is 40.7 Å². The molecule has 0 radical (unpaired) electrons. The van der Waals surface area contributed by atoms with Gasteiger partial charge in [-0.15, -0.1) is 11.3 Å². The third-order valence-corrected chi connectivity index (χ3v) is 3.49. The van der Waals surface area contributed by atoms with Crippen LogP contribution in [0.5, 0.6) is 0 Å². The Kier molecular flexibility index (Phi) is 4.60. The molecule has 1 rings (SSSR count). The minimum atomic E-state index is 0.294. The van der Waals surface area contributed by atoms with Crippen molar-refractivity contribution in [1.82, 2.24) is 4.57 Å². The van der Waals surface area contributed by atoms with Crippen LogP contribution in [0.15, 0.2) is 15.4 Å². The first-order chi connectivity index (χ1) is 7.04. The van der Waals surface area contributed by atoms with Crippen molar-refractivity contribution in [2.75, 3.05) is 6.26 Å². The van der Waals surface area contributed by atoms with Gasteiger partial charge >= 0.3 is 0 Å². The van der Waals surface area contributed by atoms with Gasteiger partial charge in [0.1, 0.15) is 0 Å². The summed E-state index contributed by atoms with van der Waals surface area (Å²) in [6.45, 7) is 6.20. The van der Waals surface area contributed by atoms with Crippen LogP contribution >= 0.6 is 23.1 Å². The van der Waals surface area contributed by atoms with E-state index in [9.17, 15) is 0 Å². The van der Waals surface area contributed by atoms with Gasteiger partial charge in [-0.05, 0) is 27.0 Å². The lowest BCUT2D eigenvalue weighted by molar-refractivity contribution is 0.825. The summed E-state index contributed by atoms with van der Waals surface area (Å²) in [7, 11) is 2.03. The summed E-state index contributed by atoms with van der Waals surface area (Å²) in [4.78, 5) is 9.98. The van der Waals surface area contributed by atoms with Gasteiger partial charge in [-0.3, -0.25) is 4.99 Å². The van der Waals surface area contributed by atoms with Crippen molar-refractivity contribution in [3.63, 3.8) is 0 Å². The summed E-state index contributed by atoms with van der Waals surface area (Å²) in [5, 5.41) is 2.95. The van der Waals surface area contributed by atoms with Crippen LogP contribution in [0.3, 0.4) is 0 Å². The zero-order valence-corrected chi connectivity index (χ0v) is 11.4. The van der Waals surface area contributed by atoms with Crippen molar-refractivity contribution >= 4 is 28.3 Å². The largest absolute Gasteiger partial charge is 0.324 e. The van der Waals surface area contributed by atoms with Crippen LogP contribution in [0.2, 0.25) is 0 Å². The molecule has 84 valence electrons. The van der Waals surface area contributed by atoms with Gasteiger partial charge in [0.2, 0.25) is 0 Å². The monoisotopic (exact) mass is 243 g/mol. The van der Waals surface area contributed by atoms with Crippen molar-refractivity contribution in [2.24, 2.45) is 17.0 Å². The number of hydrogen-bond donors (Lipinski definition) is 0. The van der Waals surface area contributed by atoms with Gasteiger partial charge in [0.05, 0.1) is 0 Å². The third-order valence-electron chi connectivity index (χ3n) is 1.89. The van der Waals surface area contributed by atoms with Gasteiger partial charge in [0.15, 0.2) is 9.97 Å². The fourth-order valence-corrected chi connectivity index (χ4v) is 2.41. The molecule has 0 fully saturated rings. The Morgan fingerprint density at radius 2 is 2.20 bits per heavy atom. The van der Waals surface area contributed by atoms with Gasteiger partial charge < -0.3 is 4.57 Å². The highest BCUT2D eigenvalue weighted by Crippen LogP contribution is 2.03.